The number of rotatable bonds is 6. The van der Waals surface area contributed by atoms with Crippen molar-refractivity contribution < 1.29 is 4.92 Å². The van der Waals surface area contributed by atoms with E-state index < -0.39 is 4.92 Å². The molecule has 1 saturated carbocycles. The molecule has 26 heavy (non-hydrogen) atoms. The first-order chi connectivity index (χ1) is 12.6. The lowest BCUT2D eigenvalue weighted by Crippen LogP contribution is -2.09. The molecule has 1 aliphatic rings. The van der Waals surface area contributed by atoms with Gasteiger partial charge in [-0.05, 0) is 19.8 Å². The molecule has 132 valence electrons. The van der Waals surface area contributed by atoms with Crippen molar-refractivity contribution in [1.29, 1.82) is 0 Å². The molecule has 9 nitrogen and oxygen atoms in total. The van der Waals surface area contributed by atoms with E-state index in [0.717, 1.165) is 24.4 Å². The molecule has 9 heteroatoms. The second-order valence-corrected chi connectivity index (χ2v) is 6.26. The number of nitrogens with zero attached hydrogens (tertiary/aromatic N) is 6. The first-order valence-corrected chi connectivity index (χ1v) is 8.33. The predicted octanol–water partition coefficient (Wildman–Crippen LogP) is 2.90. The van der Waals surface area contributed by atoms with Crippen molar-refractivity contribution >= 4 is 11.5 Å². The first-order valence-electron chi connectivity index (χ1n) is 8.33. The number of benzene rings is 1. The van der Waals surface area contributed by atoms with E-state index in [1.807, 2.05) is 13.0 Å². The first kappa shape index (κ1) is 16.1. The number of hydrogen-bond acceptors (Lipinski definition) is 7. The molecule has 1 aliphatic carbocycles. The van der Waals surface area contributed by atoms with Gasteiger partial charge in [0, 0.05) is 35.5 Å². The topological polar surface area (TPSA) is 112 Å². The average molecular weight is 351 g/mol. The lowest BCUT2D eigenvalue weighted by Gasteiger charge is -2.09. The third-order valence-corrected chi connectivity index (χ3v) is 4.18. The molecular formula is C17H17N7O2. The summed E-state index contributed by atoms with van der Waals surface area (Å²) in [6, 6.07) is 8.65. The number of nitrogens with one attached hydrogen (secondary N) is 1. The fourth-order valence-corrected chi connectivity index (χ4v) is 2.77. The SMILES string of the molecule is Cc1cc(NCc2nncn2C2CC2)nc(-c2cccc([N+](=O)[O-])c2)n1. The maximum absolute atomic E-state index is 11.0. The fourth-order valence-electron chi connectivity index (χ4n) is 2.77. The minimum Gasteiger partial charge on any atom is -0.363 e. The molecule has 2 aromatic heterocycles. The van der Waals surface area contributed by atoms with Crippen LogP contribution in [-0.2, 0) is 6.54 Å². The average Bonchev–Trinajstić information content (AvgIpc) is 3.37. The molecule has 1 fully saturated rings. The van der Waals surface area contributed by atoms with E-state index in [1.54, 1.807) is 18.5 Å². The Morgan fingerprint density at radius 3 is 2.92 bits per heavy atom. The van der Waals surface area contributed by atoms with E-state index in [0.29, 0.717) is 29.8 Å². The van der Waals surface area contributed by atoms with Crippen molar-refractivity contribution in [3.8, 4) is 11.4 Å². The van der Waals surface area contributed by atoms with Gasteiger partial charge in [-0.3, -0.25) is 10.1 Å². The molecule has 0 aliphatic heterocycles. The van der Waals surface area contributed by atoms with Gasteiger partial charge in [-0.25, -0.2) is 9.97 Å². The molecule has 0 atom stereocenters. The molecule has 0 saturated heterocycles. The van der Waals surface area contributed by atoms with E-state index in [2.05, 4.69) is 30.0 Å². The van der Waals surface area contributed by atoms with Crippen LogP contribution in [0.1, 0.15) is 30.4 Å². The zero-order valence-electron chi connectivity index (χ0n) is 14.2. The lowest BCUT2D eigenvalue weighted by atomic mass is 10.2. The largest absolute Gasteiger partial charge is 0.363 e. The molecule has 0 amide bonds. The normalized spacial score (nSPS) is 13.6. The van der Waals surface area contributed by atoms with Gasteiger partial charge >= 0.3 is 0 Å². The summed E-state index contributed by atoms with van der Waals surface area (Å²) in [4.78, 5) is 19.4. The number of aryl methyl sites for hydroxylation is 1. The van der Waals surface area contributed by atoms with Crippen LogP contribution in [0.15, 0.2) is 36.7 Å². The van der Waals surface area contributed by atoms with Gasteiger partial charge in [0.15, 0.2) is 11.6 Å². The molecule has 0 radical (unpaired) electrons. The smallest absolute Gasteiger partial charge is 0.270 e. The molecular weight excluding hydrogens is 334 g/mol. The summed E-state index contributed by atoms with van der Waals surface area (Å²) in [5, 5.41) is 22.4. The van der Waals surface area contributed by atoms with Crippen molar-refractivity contribution in [1.82, 2.24) is 24.7 Å². The zero-order chi connectivity index (χ0) is 18.1. The Balaban J connectivity index is 1.57. The predicted molar refractivity (Wildman–Crippen MR) is 94.5 cm³/mol. The van der Waals surface area contributed by atoms with Crippen molar-refractivity contribution in [3.05, 3.63) is 58.3 Å². The maximum Gasteiger partial charge on any atom is 0.270 e. The Labute approximate surface area is 149 Å². The summed E-state index contributed by atoms with van der Waals surface area (Å²) >= 11 is 0. The van der Waals surface area contributed by atoms with E-state index >= 15 is 0 Å². The highest BCUT2D eigenvalue weighted by Crippen LogP contribution is 2.35. The van der Waals surface area contributed by atoms with Crippen LogP contribution in [-0.4, -0.2) is 29.7 Å². The lowest BCUT2D eigenvalue weighted by molar-refractivity contribution is -0.384. The van der Waals surface area contributed by atoms with Crippen LogP contribution in [0.4, 0.5) is 11.5 Å². The quantitative estimate of drug-likeness (QED) is 0.537. The molecule has 4 rings (SSSR count). The third-order valence-electron chi connectivity index (χ3n) is 4.18. The molecule has 2 heterocycles. The second-order valence-electron chi connectivity index (χ2n) is 6.26. The minimum absolute atomic E-state index is 0.0136. The summed E-state index contributed by atoms with van der Waals surface area (Å²) in [5.41, 5.74) is 1.39. The molecule has 0 spiro atoms. The van der Waals surface area contributed by atoms with Crippen LogP contribution in [0, 0.1) is 17.0 Å². The fraction of sp³-hybridized carbons (Fsp3) is 0.294. The second kappa shape index (κ2) is 6.51. The number of hydrogen-bond donors (Lipinski definition) is 1. The van der Waals surface area contributed by atoms with Gasteiger partial charge in [0.25, 0.3) is 5.69 Å². The van der Waals surface area contributed by atoms with Crippen LogP contribution < -0.4 is 5.32 Å². The molecule has 3 aromatic rings. The Hall–Kier alpha value is -3.36. The number of nitro groups is 1. The van der Waals surface area contributed by atoms with Gasteiger partial charge in [0.2, 0.25) is 0 Å². The van der Waals surface area contributed by atoms with Gasteiger partial charge in [0.1, 0.15) is 12.1 Å². The summed E-state index contributed by atoms with van der Waals surface area (Å²) < 4.78 is 2.09. The van der Waals surface area contributed by atoms with Crippen molar-refractivity contribution in [2.24, 2.45) is 0 Å². The van der Waals surface area contributed by atoms with E-state index in [4.69, 9.17) is 0 Å². The third kappa shape index (κ3) is 3.37. The Kier molecular flexibility index (Phi) is 4.04. The van der Waals surface area contributed by atoms with E-state index in [9.17, 15) is 10.1 Å². The van der Waals surface area contributed by atoms with Crippen molar-refractivity contribution in [2.75, 3.05) is 5.32 Å². The number of non-ortho nitro benzene ring substituents is 1. The van der Waals surface area contributed by atoms with Crippen LogP contribution in [0.3, 0.4) is 0 Å². The summed E-state index contributed by atoms with van der Waals surface area (Å²) in [6.07, 6.45) is 4.08. The number of nitro benzene ring substituents is 1. The highest BCUT2D eigenvalue weighted by Gasteiger charge is 2.25. The van der Waals surface area contributed by atoms with Crippen LogP contribution in [0.5, 0.6) is 0 Å². The van der Waals surface area contributed by atoms with Gasteiger partial charge in [-0.2, -0.15) is 0 Å². The van der Waals surface area contributed by atoms with Gasteiger partial charge < -0.3 is 9.88 Å². The Morgan fingerprint density at radius 2 is 2.15 bits per heavy atom. The summed E-state index contributed by atoms with van der Waals surface area (Å²) in [5.74, 6) is 1.95. The van der Waals surface area contributed by atoms with Crippen LogP contribution in [0.25, 0.3) is 11.4 Å². The monoisotopic (exact) mass is 351 g/mol. The highest BCUT2D eigenvalue weighted by atomic mass is 16.6. The van der Waals surface area contributed by atoms with Crippen molar-refractivity contribution in [3.63, 3.8) is 0 Å². The summed E-state index contributed by atoms with van der Waals surface area (Å²) in [6.45, 7) is 2.36. The molecule has 0 unspecified atom stereocenters. The van der Waals surface area contributed by atoms with Gasteiger partial charge in [-0.1, -0.05) is 12.1 Å². The van der Waals surface area contributed by atoms with Gasteiger partial charge in [0.05, 0.1) is 11.5 Å². The van der Waals surface area contributed by atoms with Crippen LogP contribution >= 0.6 is 0 Å². The molecule has 1 N–H and O–H groups in total. The van der Waals surface area contributed by atoms with Crippen molar-refractivity contribution in [2.45, 2.75) is 32.4 Å². The number of anilines is 1. The number of aromatic nitrogens is 5. The molecule has 1 aromatic carbocycles. The van der Waals surface area contributed by atoms with E-state index in [1.165, 1.54) is 12.1 Å². The Morgan fingerprint density at radius 1 is 1.31 bits per heavy atom. The minimum atomic E-state index is -0.427. The van der Waals surface area contributed by atoms with Gasteiger partial charge in [-0.15, -0.1) is 10.2 Å². The zero-order valence-corrected chi connectivity index (χ0v) is 14.2. The molecule has 0 bridgehead atoms. The summed E-state index contributed by atoms with van der Waals surface area (Å²) in [7, 11) is 0. The standard InChI is InChI=1S/C17H17N7O2/c1-11-7-15(18-9-16-22-19-10-23(16)13-5-6-13)21-17(20-11)12-3-2-4-14(8-12)24(25)26/h2-4,7-8,10,13H,5-6,9H2,1H3,(H,18,20,21). The van der Waals surface area contributed by atoms with Crippen LogP contribution in [0.2, 0.25) is 0 Å². The Bertz CT molecular complexity index is 965. The maximum atomic E-state index is 11.0. The van der Waals surface area contributed by atoms with E-state index in [-0.39, 0.29) is 5.69 Å². The highest BCUT2D eigenvalue weighted by molar-refractivity contribution is 5.61.